The lowest BCUT2D eigenvalue weighted by atomic mass is 10.1. The molecule has 0 unspecified atom stereocenters. The predicted molar refractivity (Wildman–Crippen MR) is 57.6 cm³/mol. The standard InChI is InChI=1S/C11H5ClN2O2/c12-5-1-2-6-7(3-5)10(15)9-8(6)4-13-11(16)14-9/h1-4H,(H,13,14,16). The van der Waals surface area contributed by atoms with Crippen molar-refractivity contribution in [1.29, 1.82) is 0 Å². The molecule has 16 heavy (non-hydrogen) atoms. The van der Waals surface area contributed by atoms with Crippen LogP contribution >= 0.6 is 11.6 Å². The van der Waals surface area contributed by atoms with Gasteiger partial charge in [-0.15, -0.1) is 0 Å². The highest BCUT2D eigenvalue weighted by molar-refractivity contribution is 6.32. The number of rotatable bonds is 0. The lowest BCUT2D eigenvalue weighted by molar-refractivity contribution is 0.103. The maximum absolute atomic E-state index is 11.9. The number of hydrogen-bond acceptors (Lipinski definition) is 4. The Morgan fingerprint density at radius 3 is 2.81 bits per heavy atom. The summed E-state index contributed by atoms with van der Waals surface area (Å²) in [4.78, 5) is 19.3. The first-order chi connectivity index (χ1) is 7.66. The maximum atomic E-state index is 11.9. The van der Waals surface area contributed by atoms with E-state index in [1.807, 2.05) is 0 Å². The Hall–Kier alpha value is -1.94. The van der Waals surface area contributed by atoms with Crippen LogP contribution in [0.4, 0.5) is 0 Å². The van der Waals surface area contributed by atoms with Gasteiger partial charge in [-0.05, 0) is 17.7 Å². The van der Waals surface area contributed by atoms with Gasteiger partial charge in [-0.3, -0.25) is 4.79 Å². The summed E-state index contributed by atoms with van der Waals surface area (Å²) in [5.41, 5.74) is 2.12. The van der Waals surface area contributed by atoms with E-state index in [9.17, 15) is 4.79 Å². The molecule has 0 saturated heterocycles. The van der Waals surface area contributed by atoms with E-state index in [1.165, 1.54) is 6.20 Å². The first-order valence-electron chi connectivity index (χ1n) is 4.57. The molecule has 4 nitrogen and oxygen atoms in total. The fourth-order valence-corrected chi connectivity index (χ4v) is 1.98. The zero-order valence-corrected chi connectivity index (χ0v) is 8.69. The van der Waals surface area contributed by atoms with Crippen LogP contribution in [0.5, 0.6) is 6.01 Å². The van der Waals surface area contributed by atoms with Gasteiger partial charge in [-0.1, -0.05) is 17.7 Å². The van der Waals surface area contributed by atoms with Crippen molar-refractivity contribution in [2.45, 2.75) is 0 Å². The van der Waals surface area contributed by atoms with E-state index in [-0.39, 0.29) is 11.5 Å². The summed E-state index contributed by atoms with van der Waals surface area (Å²) >= 11 is 5.83. The van der Waals surface area contributed by atoms with Gasteiger partial charge >= 0.3 is 6.01 Å². The summed E-state index contributed by atoms with van der Waals surface area (Å²) < 4.78 is 0. The molecule has 1 aromatic carbocycles. The Balaban J connectivity index is 2.34. The van der Waals surface area contributed by atoms with Crippen LogP contribution in [0, 0.1) is 0 Å². The van der Waals surface area contributed by atoms with Crippen molar-refractivity contribution in [1.82, 2.24) is 9.97 Å². The van der Waals surface area contributed by atoms with Crippen LogP contribution < -0.4 is 0 Å². The maximum Gasteiger partial charge on any atom is 0.314 e. The van der Waals surface area contributed by atoms with Crippen LogP contribution in [-0.4, -0.2) is 20.9 Å². The minimum absolute atomic E-state index is 0.227. The second-order valence-corrected chi connectivity index (χ2v) is 3.89. The van der Waals surface area contributed by atoms with Crippen molar-refractivity contribution in [3.63, 3.8) is 0 Å². The number of halogens is 1. The van der Waals surface area contributed by atoms with Gasteiger partial charge in [0.15, 0.2) is 0 Å². The molecular weight excluding hydrogens is 228 g/mol. The second kappa shape index (κ2) is 3.02. The van der Waals surface area contributed by atoms with Crippen molar-refractivity contribution in [2.75, 3.05) is 0 Å². The van der Waals surface area contributed by atoms with Crippen molar-refractivity contribution in [3.05, 3.63) is 40.7 Å². The normalized spacial score (nSPS) is 12.4. The molecule has 3 rings (SSSR count). The van der Waals surface area contributed by atoms with Gasteiger partial charge in [0.2, 0.25) is 5.78 Å². The minimum atomic E-state index is -0.397. The molecule has 5 heteroatoms. The Labute approximate surface area is 95.5 Å². The Bertz CT molecular complexity index is 572. The van der Waals surface area contributed by atoms with Gasteiger partial charge in [-0.2, -0.15) is 4.98 Å². The van der Waals surface area contributed by atoms with E-state index in [2.05, 4.69) is 9.97 Å². The number of fused-ring (bicyclic) bond motifs is 3. The largest absolute Gasteiger partial charge is 0.479 e. The van der Waals surface area contributed by atoms with E-state index in [1.54, 1.807) is 18.2 Å². The molecule has 0 spiro atoms. The number of ketones is 1. The summed E-state index contributed by atoms with van der Waals surface area (Å²) in [7, 11) is 0. The first kappa shape index (κ1) is 9.30. The molecule has 0 bridgehead atoms. The van der Waals surface area contributed by atoms with Crippen LogP contribution in [-0.2, 0) is 0 Å². The van der Waals surface area contributed by atoms with Gasteiger partial charge < -0.3 is 5.11 Å². The van der Waals surface area contributed by atoms with Crippen LogP contribution in [0.15, 0.2) is 24.4 Å². The molecule has 1 heterocycles. The molecule has 0 saturated carbocycles. The summed E-state index contributed by atoms with van der Waals surface area (Å²) in [5, 5.41) is 9.64. The minimum Gasteiger partial charge on any atom is -0.479 e. The quantitative estimate of drug-likeness (QED) is 0.644. The highest BCUT2D eigenvalue weighted by Crippen LogP contribution is 2.36. The monoisotopic (exact) mass is 232 g/mol. The predicted octanol–water partition coefficient (Wildman–Crippen LogP) is 2.05. The van der Waals surface area contributed by atoms with E-state index >= 15 is 0 Å². The molecule has 0 radical (unpaired) electrons. The third-order valence-corrected chi connectivity index (χ3v) is 2.74. The van der Waals surface area contributed by atoms with E-state index in [4.69, 9.17) is 16.7 Å². The summed E-state index contributed by atoms with van der Waals surface area (Å²) in [6.07, 6.45) is 1.44. The highest BCUT2D eigenvalue weighted by Gasteiger charge is 2.29. The molecule has 2 aromatic rings. The lowest BCUT2D eigenvalue weighted by Crippen LogP contribution is -1.98. The van der Waals surface area contributed by atoms with Gasteiger partial charge in [-0.25, -0.2) is 4.98 Å². The third-order valence-electron chi connectivity index (χ3n) is 2.51. The van der Waals surface area contributed by atoms with Gasteiger partial charge in [0.25, 0.3) is 0 Å². The van der Waals surface area contributed by atoms with Gasteiger partial charge in [0.05, 0.1) is 0 Å². The van der Waals surface area contributed by atoms with Gasteiger partial charge in [0, 0.05) is 22.3 Å². The van der Waals surface area contributed by atoms with Crippen molar-refractivity contribution >= 4 is 17.4 Å². The van der Waals surface area contributed by atoms with Gasteiger partial charge in [0.1, 0.15) is 5.69 Å². The van der Waals surface area contributed by atoms with Crippen LogP contribution in [0.3, 0.4) is 0 Å². The smallest absolute Gasteiger partial charge is 0.314 e. The fourth-order valence-electron chi connectivity index (χ4n) is 1.81. The molecule has 0 atom stereocenters. The van der Waals surface area contributed by atoms with Crippen molar-refractivity contribution < 1.29 is 9.90 Å². The Kier molecular flexibility index (Phi) is 1.76. The fraction of sp³-hybridized carbons (Fsp3) is 0. The lowest BCUT2D eigenvalue weighted by Gasteiger charge is -1.98. The summed E-state index contributed by atoms with van der Waals surface area (Å²) in [6, 6.07) is 4.65. The molecule has 1 aliphatic carbocycles. The molecule has 0 amide bonds. The number of carbonyl (C=O) groups is 1. The first-order valence-corrected chi connectivity index (χ1v) is 4.95. The molecule has 0 fully saturated rings. The zero-order valence-electron chi connectivity index (χ0n) is 7.94. The topological polar surface area (TPSA) is 63.1 Å². The Morgan fingerprint density at radius 2 is 2.00 bits per heavy atom. The van der Waals surface area contributed by atoms with E-state index in [0.29, 0.717) is 16.1 Å². The summed E-state index contributed by atoms with van der Waals surface area (Å²) in [5.74, 6) is -0.231. The van der Waals surface area contributed by atoms with Crippen LogP contribution in [0.1, 0.15) is 16.1 Å². The van der Waals surface area contributed by atoms with Crippen molar-refractivity contribution in [2.24, 2.45) is 0 Å². The Morgan fingerprint density at radius 1 is 1.19 bits per heavy atom. The molecule has 78 valence electrons. The zero-order chi connectivity index (χ0) is 11.3. The van der Waals surface area contributed by atoms with Crippen molar-refractivity contribution in [3.8, 4) is 17.1 Å². The van der Waals surface area contributed by atoms with Crippen LogP contribution in [0.25, 0.3) is 11.1 Å². The number of hydrogen-bond donors (Lipinski definition) is 1. The molecule has 1 N–H and O–H groups in total. The molecule has 1 aromatic heterocycles. The third kappa shape index (κ3) is 1.13. The van der Waals surface area contributed by atoms with E-state index in [0.717, 1.165) is 5.56 Å². The van der Waals surface area contributed by atoms with E-state index < -0.39 is 6.01 Å². The molecule has 1 aliphatic rings. The number of nitrogens with zero attached hydrogens (tertiary/aromatic N) is 2. The SMILES string of the molecule is O=C1c2cc(Cl)ccc2-c2cnc(O)nc21. The number of benzene rings is 1. The summed E-state index contributed by atoms with van der Waals surface area (Å²) in [6.45, 7) is 0. The molecular formula is C11H5ClN2O2. The van der Waals surface area contributed by atoms with Crippen LogP contribution in [0.2, 0.25) is 5.02 Å². The number of aromatic nitrogens is 2. The average molecular weight is 233 g/mol. The number of aromatic hydroxyl groups is 1. The number of carbonyl (C=O) groups excluding carboxylic acids is 1. The average Bonchev–Trinajstić information content (AvgIpc) is 2.53. The highest BCUT2D eigenvalue weighted by atomic mass is 35.5. The second-order valence-electron chi connectivity index (χ2n) is 3.45. The molecule has 0 aliphatic heterocycles.